The molecule has 0 unspecified atom stereocenters. The molecule has 1 atom stereocenters. The fraction of sp³-hybridized carbons (Fsp3) is 0.276. The highest BCUT2D eigenvalue weighted by molar-refractivity contribution is 6.19. The van der Waals surface area contributed by atoms with Crippen LogP contribution in [0.1, 0.15) is 30.7 Å². The van der Waals surface area contributed by atoms with Crippen LogP contribution in [0.2, 0.25) is 0 Å². The van der Waals surface area contributed by atoms with Crippen molar-refractivity contribution < 1.29 is 19.0 Å². The van der Waals surface area contributed by atoms with Gasteiger partial charge in [-0.2, -0.15) is 4.57 Å². The molecule has 2 N–H and O–H groups in total. The summed E-state index contributed by atoms with van der Waals surface area (Å²) in [6, 6.07) is 19.8. The van der Waals surface area contributed by atoms with Crippen LogP contribution < -0.4 is 20.1 Å². The van der Waals surface area contributed by atoms with Gasteiger partial charge in [0, 0.05) is 36.5 Å². The Hall–Kier alpha value is -4.53. The van der Waals surface area contributed by atoms with Gasteiger partial charge in [0.2, 0.25) is 17.8 Å². The number of hydrogen-bond donors (Lipinski definition) is 2. The summed E-state index contributed by atoms with van der Waals surface area (Å²) in [6.45, 7) is 6.62. The number of rotatable bonds is 7. The van der Waals surface area contributed by atoms with E-state index < -0.39 is 18.1 Å². The Labute approximate surface area is 222 Å². The van der Waals surface area contributed by atoms with Gasteiger partial charge in [0.1, 0.15) is 19.3 Å². The van der Waals surface area contributed by atoms with Crippen LogP contribution in [0.3, 0.4) is 0 Å². The molecular formula is C29H33N6O3+. The fourth-order valence-corrected chi connectivity index (χ4v) is 4.49. The molecule has 2 heterocycles. The average molecular weight is 514 g/mol. The SMILES string of the molecule is CCN(CC)C(=O)CN1C(=O)[C@H](NC(=O)Nc2cccc(C)c2)N=C(c2cccc[n+]2C)c2ccccc21. The zero-order valence-electron chi connectivity index (χ0n) is 22.1. The molecule has 0 spiro atoms. The molecule has 1 aliphatic rings. The number of aliphatic imine (C=N–C) groups is 1. The van der Waals surface area contributed by atoms with Crippen molar-refractivity contribution >= 4 is 34.9 Å². The van der Waals surface area contributed by atoms with E-state index in [2.05, 4.69) is 10.6 Å². The topological polar surface area (TPSA) is 98.0 Å². The van der Waals surface area contributed by atoms with E-state index in [1.807, 2.05) is 93.2 Å². The Morgan fingerprint density at radius 1 is 1.03 bits per heavy atom. The summed E-state index contributed by atoms with van der Waals surface area (Å²) in [4.78, 5) is 48.0. The molecular weight excluding hydrogens is 480 g/mol. The second kappa shape index (κ2) is 11.7. The van der Waals surface area contributed by atoms with Gasteiger partial charge in [0.15, 0.2) is 6.20 Å². The van der Waals surface area contributed by atoms with Gasteiger partial charge in [-0.25, -0.2) is 9.79 Å². The van der Waals surface area contributed by atoms with Gasteiger partial charge in [-0.3, -0.25) is 14.5 Å². The third-order valence-corrected chi connectivity index (χ3v) is 6.46. The quantitative estimate of drug-likeness (QED) is 0.475. The number of nitrogens with one attached hydrogen (secondary N) is 2. The van der Waals surface area contributed by atoms with Gasteiger partial charge in [-0.15, -0.1) is 0 Å². The van der Waals surface area contributed by atoms with Crippen LogP contribution in [-0.4, -0.2) is 54.3 Å². The van der Waals surface area contributed by atoms with Crippen LogP contribution in [0.15, 0.2) is 77.9 Å². The van der Waals surface area contributed by atoms with Gasteiger partial charge in [0.25, 0.3) is 5.91 Å². The second-order valence-corrected chi connectivity index (χ2v) is 9.05. The van der Waals surface area contributed by atoms with Crippen LogP contribution >= 0.6 is 0 Å². The van der Waals surface area contributed by atoms with Gasteiger partial charge in [0.05, 0.1) is 5.69 Å². The third kappa shape index (κ3) is 5.72. The Balaban J connectivity index is 1.77. The second-order valence-electron chi connectivity index (χ2n) is 9.05. The van der Waals surface area contributed by atoms with E-state index >= 15 is 0 Å². The lowest BCUT2D eigenvalue weighted by Gasteiger charge is -2.28. The molecule has 3 aromatic rings. The first-order valence-electron chi connectivity index (χ1n) is 12.7. The minimum Gasteiger partial charge on any atom is -0.342 e. The van der Waals surface area contributed by atoms with E-state index in [1.165, 1.54) is 4.90 Å². The zero-order chi connectivity index (χ0) is 27.2. The van der Waals surface area contributed by atoms with E-state index in [0.717, 1.165) is 11.3 Å². The molecule has 0 bridgehead atoms. The predicted molar refractivity (Wildman–Crippen MR) is 147 cm³/mol. The summed E-state index contributed by atoms with van der Waals surface area (Å²) >= 11 is 0. The number of nitrogens with zero attached hydrogens (tertiary/aromatic N) is 4. The number of aryl methyl sites for hydroxylation is 2. The number of carbonyl (C=O) groups is 3. The number of hydrogen-bond acceptors (Lipinski definition) is 4. The van der Waals surface area contributed by atoms with Crippen LogP contribution in [0.4, 0.5) is 16.2 Å². The first-order valence-corrected chi connectivity index (χ1v) is 12.7. The van der Waals surface area contributed by atoms with E-state index in [1.54, 1.807) is 17.0 Å². The molecule has 2 aromatic carbocycles. The van der Waals surface area contributed by atoms with E-state index in [4.69, 9.17) is 4.99 Å². The maximum atomic E-state index is 13.9. The largest absolute Gasteiger partial charge is 0.342 e. The van der Waals surface area contributed by atoms with Gasteiger partial charge >= 0.3 is 6.03 Å². The minimum atomic E-state index is -1.26. The Bertz CT molecular complexity index is 1380. The number of para-hydroxylation sites is 1. The van der Waals surface area contributed by atoms with Crippen LogP contribution in [0, 0.1) is 6.92 Å². The van der Waals surface area contributed by atoms with E-state index in [9.17, 15) is 14.4 Å². The number of amides is 4. The predicted octanol–water partition coefficient (Wildman–Crippen LogP) is 3.02. The van der Waals surface area contributed by atoms with Gasteiger partial charge in [-0.1, -0.05) is 30.3 Å². The highest BCUT2D eigenvalue weighted by Crippen LogP contribution is 2.27. The number of fused-ring (bicyclic) bond motifs is 1. The van der Waals surface area contributed by atoms with Crippen molar-refractivity contribution in [3.8, 4) is 0 Å². The summed E-state index contributed by atoms with van der Waals surface area (Å²) in [5, 5.41) is 5.51. The molecule has 0 radical (unpaired) electrons. The standard InChI is InChI=1S/C29H32N6O3/c1-5-34(6-2)25(36)19-35-23-15-8-7-14-22(23)26(24-16-9-10-17-33(24)4)31-27(28(35)37)32-29(38)30-21-13-11-12-20(3)18-21/h7-18,27H,5-6,19H2,1-4H3,(H-,30,32,38)/p+1/t27-/m0/s1. The summed E-state index contributed by atoms with van der Waals surface area (Å²) in [6.07, 6.45) is 0.633. The monoisotopic (exact) mass is 513 g/mol. The molecule has 0 aliphatic carbocycles. The van der Waals surface area contributed by atoms with E-state index in [-0.39, 0.29) is 12.5 Å². The van der Waals surface area contributed by atoms with Crippen molar-refractivity contribution in [2.24, 2.45) is 12.0 Å². The van der Waals surface area contributed by atoms with Crippen molar-refractivity contribution in [3.63, 3.8) is 0 Å². The maximum Gasteiger partial charge on any atom is 0.321 e. The Morgan fingerprint density at radius 3 is 2.47 bits per heavy atom. The summed E-state index contributed by atoms with van der Waals surface area (Å²) in [5.41, 5.74) is 4.13. The molecule has 4 amide bonds. The van der Waals surface area contributed by atoms with E-state index in [0.29, 0.717) is 35.7 Å². The third-order valence-electron chi connectivity index (χ3n) is 6.46. The summed E-state index contributed by atoms with van der Waals surface area (Å²) < 4.78 is 1.90. The Kier molecular flexibility index (Phi) is 8.15. The molecule has 0 saturated heterocycles. The molecule has 9 heteroatoms. The smallest absolute Gasteiger partial charge is 0.321 e. The molecule has 0 saturated carbocycles. The van der Waals surface area contributed by atoms with Crippen LogP contribution in [-0.2, 0) is 16.6 Å². The summed E-state index contributed by atoms with van der Waals surface area (Å²) in [5.74, 6) is -0.680. The number of urea groups is 1. The first kappa shape index (κ1) is 26.5. The van der Waals surface area contributed by atoms with Crippen molar-refractivity contribution in [1.29, 1.82) is 0 Å². The maximum absolute atomic E-state index is 13.9. The minimum absolute atomic E-state index is 0.168. The normalized spacial score (nSPS) is 14.7. The van der Waals surface area contributed by atoms with Gasteiger partial charge < -0.3 is 15.5 Å². The lowest BCUT2D eigenvalue weighted by Crippen LogP contribution is -2.51. The molecule has 38 heavy (non-hydrogen) atoms. The van der Waals surface area contributed by atoms with Crippen molar-refractivity contribution in [3.05, 3.63) is 89.7 Å². The Morgan fingerprint density at radius 2 is 1.76 bits per heavy atom. The number of pyridine rings is 1. The van der Waals surface area contributed by atoms with Crippen molar-refractivity contribution in [1.82, 2.24) is 10.2 Å². The lowest BCUT2D eigenvalue weighted by atomic mass is 10.0. The highest BCUT2D eigenvalue weighted by atomic mass is 16.2. The molecule has 0 fully saturated rings. The van der Waals surface area contributed by atoms with Gasteiger partial charge in [-0.05, 0) is 50.6 Å². The highest BCUT2D eigenvalue weighted by Gasteiger charge is 2.36. The molecule has 1 aromatic heterocycles. The molecule has 1 aliphatic heterocycles. The summed E-state index contributed by atoms with van der Waals surface area (Å²) in [7, 11) is 1.89. The lowest BCUT2D eigenvalue weighted by molar-refractivity contribution is -0.672. The number of aromatic nitrogens is 1. The number of benzodiazepines with no additional fused rings is 1. The fourth-order valence-electron chi connectivity index (χ4n) is 4.49. The van der Waals surface area contributed by atoms with Crippen LogP contribution in [0.5, 0.6) is 0 Å². The number of benzene rings is 2. The number of anilines is 2. The molecule has 9 nitrogen and oxygen atoms in total. The van der Waals surface area contributed by atoms with Crippen molar-refractivity contribution in [2.45, 2.75) is 26.9 Å². The molecule has 196 valence electrons. The average Bonchev–Trinajstić information content (AvgIpc) is 3.00. The molecule has 4 rings (SSSR count). The van der Waals surface area contributed by atoms with Crippen molar-refractivity contribution in [2.75, 3.05) is 29.9 Å². The number of carbonyl (C=O) groups excluding carboxylic acids is 3. The van der Waals surface area contributed by atoms with Crippen LogP contribution in [0.25, 0.3) is 0 Å². The zero-order valence-corrected chi connectivity index (χ0v) is 22.1. The number of likely N-dealkylation sites (N-methyl/N-ethyl adjacent to an activating group) is 1. The first-order chi connectivity index (χ1) is 18.3.